The van der Waals surface area contributed by atoms with E-state index in [0.717, 1.165) is 6.54 Å². The van der Waals surface area contributed by atoms with E-state index in [4.69, 9.17) is 0 Å². The summed E-state index contributed by atoms with van der Waals surface area (Å²) in [4.78, 5) is 0. The van der Waals surface area contributed by atoms with Crippen molar-refractivity contribution in [3.05, 3.63) is 99.6 Å². The predicted molar refractivity (Wildman–Crippen MR) is 113 cm³/mol. The largest absolute Gasteiger partial charge is 0.385 e. The van der Waals surface area contributed by atoms with E-state index in [-0.39, 0.29) is 5.92 Å². The van der Waals surface area contributed by atoms with Crippen LogP contribution in [0.25, 0.3) is 0 Å². The molecule has 1 heteroatoms. The van der Waals surface area contributed by atoms with Crippen LogP contribution in [0.15, 0.2) is 60.7 Å². The number of anilines is 1. The molecule has 1 unspecified atom stereocenters. The number of rotatable bonds is 5. The molecule has 0 fully saturated rings. The Labute approximate surface area is 158 Å². The van der Waals surface area contributed by atoms with Crippen LogP contribution in [0.2, 0.25) is 0 Å². The van der Waals surface area contributed by atoms with Gasteiger partial charge >= 0.3 is 0 Å². The molecule has 3 aromatic rings. The summed E-state index contributed by atoms with van der Waals surface area (Å²) in [7, 11) is 0. The van der Waals surface area contributed by atoms with Crippen LogP contribution in [0.3, 0.4) is 0 Å². The molecule has 0 aliphatic rings. The highest BCUT2D eigenvalue weighted by Crippen LogP contribution is 2.36. The van der Waals surface area contributed by atoms with Gasteiger partial charge in [0.1, 0.15) is 0 Å². The minimum atomic E-state index is 0.256. The van der Waals surface area contributed by atoms with Gasteiger partial charge in [0.2, 0.25) is 0 Å². The maximum absolute atomic E-state index is 3.42. The Morgan fingerprint density at radius 2 is 1.27 bits per heavy atom. The summed E-state index contributed by atoms with van der Waals surface area (Å²) < 4.78 is 0. The topological polar surface area (TPSA) is 12.0 Å². The lowest BCUT2D eigenvalue weighted by molar-refractivity contribution is 0.946. The van der Waals surface area contributed by atoms with E-state index in [2.05, 4.69) is 101 Å². The van der Waals surface area contributed by atoms with Gasteiger partial charge in [-0.3, -0.25) is 0 Å². The molecule has 1 atom stereocenters. The molecule has 0 aromatic heterocycles. The van der Waals surface area contributed by atoms with Crippen molar-refractivity contribution >= 4 is 5.69 Å². The molecule has 0 radical (unpaired) electrons. The third kappa shape index (κ3) is 3.83. The highest BCUT2D eigenvalue weighted by Gasteiger charge is 2.20. The summed E-state index contributed by atoms with van der Waals surface area (Å²) >= 11 is 0. The van der Waals surface area contributed by atoms with Crippen LogP contribution in [-0.2, 0) is 0 Å². The first kappa shape index (κ1) is 18.3. The minimum absolute atomic E-state index is 0.256. The molecule has 1 nitrogen and oxygen atoms in total. The Morgan fingerprint density at radius 1 is 0.692 bits per heavy atom. The summed E-state index contributed by atoms with van der Waals surface area (Å²) in [5, 5.41) is 3.42. The van der Waals surface area contributed by atoms with Crippen molar-refractivity contribution in [2.75, 3.05) is 11.9 Å². The van der Waals surface area contributed by atoms with Gasteiger partial charge in [-0.05, 0) is 74.6 Å². The Hall–Kier alpha value is -2.54. The molecule has 3 rings (SSSR count). The fourth-order valence-electron chi connectivity index (χ4n) is 3.75. The molecule has 0 amide bonds. The van der Waals surface area contributed by atoms with Gasteiger partial charge in [-0.2, -0.15) is 0 Å². The van der Waals surface area contributed by atoms with Gasteiger partial charge in [-0.15, -0.1) is 0 Å². The van der Waals surface area contributed by atoms with Gasteiger partial charge in [0.25, 0.3) is 0 Å². The highest BCUT2D eigenvalue weighted by molar-refractivity contribution is 5.55. The summed E-state index contributed by atoms with van der Waals surface area (Å²) in [5.41, 5.74) is 10.6. The van der Waals surface area contributed by atoms with Crippen molar-refractivity contribution < 1.29 is 0 Å². The lowest BCUT2D eigenvalue weighted by Crippen LogP contribution is -2.08. The zero-order chi connectivity index (χ0) is 18.7. The third-order valence-corrected chi connectivity index (χ3v) is 5.11. The van der Waals surface area contributed by atoms with Crippen LogP contribution >= 0.6 is 0 Å². The van der Waals surface area contributed by atoms with Crippen LogP contribution in [0.4, 0.5) is 5.69 Å². The van der Waals surface area contributed by atoms with Crippen LogP contribution in [0, 0.1) is 27.7 Å². The monoisotopic (exact) mass is 343 g/mol. The maximum atomic E-state index is 3.42. The van der Waals surface area contributed by atoms with Crippen LogP contribution in [-0.4, -0.2) is 6.54 Å². The van der Waals surface area contributed by atoms with Crippen LogP contribution in [0.1, 0.15) is 51.8 Å². The van der Waals surface area contributed by atoms with Crippen molar-refractivity contribution in [3.8, 4) is 0 Å². The van der Waals surface area contributed by atoms with Crippen molar-refractivity contribution in [2.45, 2.75) is 40.5 Å². The second kappa shape index (κ2) is 7.78. The van der Waals surface area contributed by atoms with Gasteiger partial charge in [-0.25, -0.2) is 0 Å². The molecule has 0 heterocycles. The molecule has 134 valence electrons. The average molecular weight is 344 g/mol. The van der Waals surface area contributed by atoms with Crippen LogP contribution in [0.5, 0.6) is 0 Å². The van der Waals surface area contributed by atoms with E-state index in [0.29, 0.717) is 0 Å². The van der Waals surface area contributed by atoms with Crippen molar-refractivity contribution in [2.24, 2.45) is 0 Å². The lowest BCUT2D eigenvalue weighted by atomic mass is 9.80. The Bertz CT molecular complexity index is 891. The van der Waals surface area contributed by atoms with Gasteiger partial charge < -0.3 is 5.32 Å². The van der Waals surface area contributed by atoms with Gasteiger partial charge in [-0.1, -0.05) is 59.7 Å². The second-order valence-electron chi connectivity index (χ2n) is 7.31. The fourth-order valence-corrected chi connectivity index (χ4v) is 3.75. The van der Waals surface area contributed by atoms with E-state index in [1.807, 2.05) is 0 Å². The number of benzene rings is 3. The van der Waals surface area contributed by atoms with Crippen molar-refractivity contribution in [1.29, 1.82) is 0 Å². The first-order chi connectivity index (χ1) is 12.5. The first-order valence-electron chi connectivity index (χ1n) is 9.47. The first-order valence-corrected chi connectivity index (χ1v) is 9.47. The molecule has 0 saturated carbocycles. The summed E-state index contributed by atoms with van der Waals surface area (Å²) in [6.07, 6.45) is 0. The maximum Gasteiger partial charge on any atom is 0.0345 e. The SMILES string of the molecule is CCNc1ccc(C(c2ccc(C)cc2)c2ccc(C)cc2C)c(C)c1. The van der Waals surface area contributed by atoms with Crippen LogP contribution < -0.4 is 5.32 Å². The summed E-state index contributed by atoms with van der Waals surface area (Å²) in [6, 6.07) is 22.6. The molecule has 0 saturated heterocycles. The Balaban J connectivity index is 2.16. The second-order valence-corrected chi connectivity index (χ2v) is 7.31. The van der Waals surface area contributed by atoms with E-state index in [1.165, 1.54) is 44.6 Å². The quantitative estimate of drug-likeness (QED) is 0.519. The third-order valence-electron chi connectivity index (χ3n) is 5.11. The average Bonchev–Trinajstić information content (AvgIpc) is 2.60. The molecular weight excluding hydrogens is 314 g/mol. The molecule has 1 N–H and O–H groups in total. The standard InChI is InChI=1S/C25H29N/c1-6-26-22-12-14-24(20(5)16-22)25(21-10-7-17(2)8-11-21)23-13-9-18(3)15-19(23)4/h7-16,25-26H,6H2,1-5H3. The number of hydrogen-bond acceptors (Lipinski definition) is 1. The molecule has 26 heavy (non-hydrogen) atoms. The molecular formula is C25H29N. The lowest BCUT2D eigenvalue weighted by Gasteiger charge is -2.24. The zero-order valence-corrected chi connectivity index (χ0v) is 16.6. The number of nitrogens with one attached hydrogen (secondary N) is 1. The van der Waals surface area contributed by atoms with E-state index >= 15 is 0 Å². The van der Waals surface area contributed by atoms with Gasteiger partial charge in [0, 0.05) is 18.2 Å². The number of aryl methyl sites for hydroxylation is 4. The highest BCUT2D eigenvalue weighted by atomic mass is 14.8. The normalized spacial score (nSPS) is 12.0. The smallest absolute Gasteiger partial charge is 0.0345 e. The Morgan fingerprint density at radius 3 is 1.85 bits per heavy atom. The van der Waals surface area contributed by atoms with Gasteiger partial charge in [0.15, 0.2) is 0 Å². The molecule has 0 spiro atoms. The minimum Gasteiger partial charge on any atom is -0.385 e. The predicted octanol–water partition coefficient (Wildman–Crippen LogP) is 6.53. The molecule has 0 aliphatic heterocycles. The van der Waals surface area contributed by atoms with E-state index in [1.54, 1.807) is 0 Å². The summed E-state index contributed by atoms with van der Waals surface area (Å²) in [6.45, 7) is 11.8. The molecule has 3 aromatic carbocycles. The molecule has 0 bridgehead atoms. The summed E-state index contributed by atoms with van der Waals surface area (Å²) in [5.74, 6) is 0.256. The number of hydrogen-bond donors (Lipinski definition) is 1. The van der Waals surface area contributed by atoms with E-state index in [9.17, 15) is 0 Å². The van der Waals surface area contributed by atoms with Gasteiger partial charge in [0.05, 0.1) is 0 Å². The van der Waals surface area contributed by atoms with E-state index < -0.39 is 0 Å². The van der Waals surface area contributed by atoms with Crippen molar-refractivity contribution in [1.82, 2.24) is 0 Å². The fraction of sp³-hybridized carbons (Fsp3) is 0.280. The molecule has 0 aliphatic carbocycles. The zero-order valence-electron chi connectivity index (χ0n) is 16.6. The Kier molecular flexibility index (Phi) is 5.46. The van der Waals surface area contributed by atoms with Crippen molar-refractivity contribution in [3.63, 3.8) is 0 Å².